The smallest absolute Gasteiger partial charge is 0.325 e. The van der Waals surface area contributed by atoms with Crippen molar-refractivity contribution in [3.8, 4) is 0 Å². The van der Waals surface area contributed by atoms with Crippen LogP contribution in [-0.2, 0) is 20.9 Å². The molecule has 0 aliphatic heterocycles. The molecule has 1 rings (SSSR count). The van der Waals surface area contributed by atoms with E-state index in [4.69, 9.17) is 4.74 Å². The van der Waals surface area contributed by atoms with Crippen molar-refractivity contribution in [2.75, 3.05) is 13.2 Å². The molecule has 1 aromatic carbocycles. The molecule has 1 unspecified atom stereocenters. The molecule has 22 heavy (non-hydrogen) atoms. The van der Waals surface area contributed by atoms with E-state index in [0.717, 1.165) is 24.8 Å². The molecule has 0 saturated heterocycles. The number of amides is 1. The standard InChI is InChI=1S/C17H24BrNO3/c1-3-5-11-15(18)17(21)19(13-16(20)22-4-2)12-14-9-7-6-8-10-14/h6-10,15H,3-5,11-13H2,1-2H3. The van der Waals surface area contributed by atoms with Crippen molar-refractivity contribution in [1.82, 2.24) is 4.90 Å². The van der Waals surface area contributed by atoms with Crippen molar-refractivity contribution < 1.29 is 14.3 Å². The Labute approximate surface area is 141 Å². The van der Waals surface area contributed by atoms with Gasteiger partial charge in [0, 0.05) is 6.54 Å². The van der Waals surface area contributed by atoms with Gasteiger partial charge in [-0.1, -0.05) is 66.0 Å². The monoisotopic (exact) mass is 369 g/mol. The number of hydrogen-bond acceptors (Lipinski definition) is 3. The molecule has 1 amide bonds. The summed E-state index contributed by atoms with van der Waals surface area (Å²) in [6.07, 6.45) is 2.77. The molecule has 5 heteroatoms. The first-order chi connectivity index (χ1) is 10.6. The molecule has 0 saturated carbocycles. The first kappa shape index (κ1) is 18.7. The molecule has 4 nitrogen and oxygen atoms in total. The Bertz CT molecular complexity index is 464. The second-order valence-electron chi connectivity index (χ2n) is 5.09. The largest absolute Gasteiger partial charge is 0.465 e. The van der Waals surface area contributed by atoms with Crippen molar-refractivity contribution in [2.24, 2.45) is 0 Å². The summed E-state index contributed by atoms with van der Waals surface area (Å²) in [5, 5.41) is 0. The number of ether oxygens (including phenoxy) is 1. The van der Waals surface area contributed by atoms with Gasteiger partial charge in [-0.05, 0) is 18.9 Å². The van der Waals surface area contributed by atoms with Crippen molar-refractivity contribution >= 4 is 27.8 Å². The van der Waals surface area contributed by atoms with Gasteiger partial charge in [0.15, 0.2) is 0 Å². The Hall–Kier alpha value is -1.36. The minimum Gasteiger partial charge on any atom is -0.465 e. The minimum absolute atomic E-state index is 0.0181. The van der Waals surface area contributed by atoms with E-state index in [1.807, 2.05) is 30.3 Å². The summed E-state index contributed by atoms with van der Waals surface area (Å²) in [4.78, 5) is 25.6. The molecule has 0 bridgehead atoms. The van der Waals surface area contributed by atoms with Crippen LogP contribution in [0, 0.1) is 0 Å². The maximum Gasteiger partial charge on any atom is 0.325 e. The van der Waals surface area contributed by atoms with Gasteiger partial charge in [-0.25, -0.2) is 0 Å². The van der Waals surface area contributed by atoms with Gasteiger partial charge in [0.25, 0.3) is 0 Å². The summed E-state index contributed by atoms with van der Waals surface area (Å²) in [6.45, 7) is 4.56. The normalized spacial score (nSPS) is 11.8. The quantitative estimate of drug-likeness (QED) is 0.494. The number of nitrogens with zero attached hydrogens (tertiary/aromatic N) is 1. The molecule has 0 radical (unpaired) electrons. The second-order valence-corrected chi connectivity index (χ2v) is 6.20. The highest BCUT2D eigenvalue weighted by Crippen LogP contribution is 2.15. The van der Waals surface area contributed by atoms with Gasteiger partial charge in [0.05, 0.1) is 11.4 Å². The number of esters is 1. The Morgan fingerprint density at radius 1 is 1.23 bits per heavy atom. The first-order valence-corrected chi connectivity index (χ1v) is 8.62. The average Bonchev–Trinajstić information content (AvgIpc) is 2.52. The van der Waals surface area contributed by atoms with Gasteiger partial charge in [-0.15, -0.1) is 0 Å². The summed E-state index contributed by atoms with van der Waals surface area (Å²) < 4.78 is 4.97. The summed E-state index contributed by atoms with van der Waals surface area (Å²) in [6, 6.07) is 9.66. The molecule has 0 aromatic heterocycles. The number of hydrogen-bond donors (Lipinski definition) is 0. The Balaban J connectivity index is 2.76. The fourth-order valence-corrected chi connectivity index (χ4v) is 2.70. The molecular weight excluding hydrogens is 346 g/mol. The fourth-order valence-electron chi connectivity index (χ4n) is 2.08. The van der Waals surface area contributed by atoms with Gasteiger partial charge in [-0.3, -0.25) is 9.59 Å². The van der Waals surface area contributed by atoms with E-state index in [0.29, 0.717) is 13.2 Å². The van der Waals surface area contributed by atoms with E-state index < -0.39 is 0 Å². The second kappa shape index (κ2) is 10.4. The van der Waals surface area contributed by atoms with E-state index in [2.05, 4.69) is 22.9 Å². The van der Waals surface area contributed by atoms with E-state index in [9.17, 15) is 9.59 Å². The predicted molar refractivity (Wildman–Crippen MR) is 90.7 cm³/mol. The lowest BCUT2D eigenvalue weighted by atomic mass is 10.1. The Morgan fingerprint density at radius 3 is 2.50 bits per heavy atom. The summed E-state index contributed by atoms with van der Waals surface area (Å²) in [7, 11) is 0. The van der Waals surface area contributed by atoms with Gasteiger partial charge in [-0.2, -0.15) is 0 Å². The molecule has 0 N–H and O–H groups in total. The third-order valence-corrected chi connectivity index (χ3v) is 4.08. The SMILES string of the molecule is CCCCC(Br)C(=O)N(CC(=O)OCC)Cc1ccccc1. The maximum absolute atomic E-state index is 12.6. The molecule has 0 aliphatic carbocycles. The highest BCUT2D eigenvalue weighted by atomic mass is 79.9. The zero-order valence-corrected chi connectivity index (χ0v) is 14.8. The topological polar surface area (TPSA) is 46.6 Å². The van der Waals surface area contributed by atoms with Crippen molar-refractivity contribution in [3.63, 3.8) is 0 Å². The molecule has 0 spiro atoms. The summed E-state index contributed by atoms with van der Waals surface area (Å²) in [5.74, 6) is -0.438. The molecule has 1 aromatic rings. The van der Waals surface area contributed by atoms with Crippen LogP contribution in [0.4, 0.5) is 0 Å². The van der Waals surface area contributed by atoms with E-state index in [-0.39, 0.29) is 23.2 Å². The minimum atomic E-state index is -0.373. The number of alkyl halides is 1. The average molecular weight is 370 g/mol. The highest BCUT2D eigenvalue weighted by Gasteiger charge is 2.24. The van der Waals surface area contributed by atoms with Crippen LogP contribution in [0.15, 0.2) is 30.3 Å². The number of benzene rings is 1. The summed E-state index contributed by atoms with van der Waals surface area (Å²) >= 11 is 3.44. The predicted octanol–water partition coefficient (Wildman–Crippen LogP) is 3.53. The molecular formula is C17H24BrNO3. The lowest BCUT2D eigenvalue weighted by molar-refractivity contribution is -0.149. The first-order valence-electron chi connectivity index (χ1n) is 7.70. The Morgan fingerprint density at radius 2 is 1.91 bits per heavy atom. The highest BCUT2D eigenvalue weighted by molar-refractivity contribution is 9.10. The van der Waals surface area contributed by atoms with Crippen LogP contribution >= 0.6 is 15.9 Å². The van der Waals surface area contributed by atoms with Crippen LogP contribution < -0.4 is 0 Å². The third-order valence-electron chi connectivity index (χ3n) is 3.23. The lowest BCUT2D eigenvalue weighted by Crippen LogP contribution is -2.40. The molecule has 0 aliphatic rings. The Kier molecular flexibility index (Phi) is 8.82. The molecule has 122 valence electrons. The number of halogens is 1. The van der Waals surface area contributed by atoms with Crippen LogP contribution in [0.5, 0.6) is 0 Å². The van der Waals surface area contributed by atoms with Crippen molar-refractivity contribution in [3.05, 3.63) is 35.9 Å². The van der Waals surface area contributed by atoms with Crippen LogP contribution in [-0.4, -0.2) is 34.8 Å². The summed E-state index contributed by atoms with van der Waals surface area (Å²) in [5.41, 5.74) is 0.996. The van der Waals surface area contributed by atoms with Crippen LogP contribution in [0.2, 0.25) is 0 Å². The maximum atomic E-state index is 12.6. The third kappa shape index (κ3) is 6.60. The zero-order chi connectivity index (χ0) is 16.4. The van der Waals surface area contributed by atoms with Crippen LogP contribution in [0.25, 0.3) is 0 Å². The lowest BCUT2D eigenvalue weighted by Gasteiger charge is -2.24. The number of carbonyl (C=O) groups is 2. The van der Waals surface area contributed by atoms with Gasteiger partial charge in [0.1, 0.15) is 6.54 Å². The van der Waals surface area contributed by atoms with Crippen LogP contribution in [0.1, 0.15) is 38.7 Å². The number of unbranched alkanes of at least 4 members (excludes halogenated alkanes) is 1. The van der Waals surface area contributed by atoms with Crippen molar-refractivity contribution in [1.29, 1.82) is 0 Å². The molecule has 0 fully saturated rings. The van der Waals surface area contributed by atoms with E-state index in [1.165, 1.54) is 0 Å². The zero-order valence-electron chi connectivity index (χ0n) is 13.3. The fraction of sp³-hybridized carbons (Fsp3) is 0.529. The van der Waals surface area contributed by atoms with Gasteiger partial charge in [0.2, 0.25) is 5.91 Å². The van der Waals surface area contributed by atoms with Gasteiger partial charge < -0.3 is 9.64 Å². The molecule has 1 atom stereocenters. The number of rotatable bonds is 9. The van der Waals surface area contributed by atoms with Crippen LogP contribution in [0.3, 0.4) is 0 Å². The van der Waals surface area contributed by atoms with Gasteiger partial charge >= 0.3 is 5.97 Å². The van der Waals surface area contributed by atoms with E-state index >= 15 is 0 Å². The van der Waals surface area contributed by atoms with E-state index in [1.54, 1.807) is 11.8 Å². The number of carbonyl (C=O) groups excluding carboxylic acids is 2. The molecule has 0 heterocycles. The van der Waals surface area contributed by atoms with Crippen molar-refractivity contribution in [2.45, 2.75) is 44.5 Å².